The molecule has 0 saturated heterocycles. The summed E-state index contributed by atoms with van der Waals surface area (Å²) in [6.07, 6.45) is 8.31. The summed E-state index contributed by atoms with van der Waals surface area (Å²) in [4.78, 5) is 25.9. The molecule has 0 spiro atoms. The van der Waals surface area contributed by atoms with Gasteiger partial charge in [0.1, 0.15) is 11.5 Å². The molecule has 5 heteroatoms. The van der Waals surface area contributed by atoms with Crippen molar-refractivity contribution in [1.29, 1.82) is 0 Å². The first-order valence-corrected chi connectivity index (χ1v) is 12.4. The maximum atomic E-state index is 12.9. The van der Waals surface area contributed by atoms with E-state index in [2.05, 4.69) is 0 Å². The van der Waals surface area contributed by atoms with Crippen molar-refractivity contribution in [2.24, 2.45) is 11.8 Å². The molecule has 2 aliphatic carbocycles. The number of hydrogen-bond donors (Lipinski definition) is 0. The van der Waals surface area contributed by atoms with Gasteiger partial charge in [0.15, 0.2) is 0 Å². The molecule has 2 fully saturated rings. The van der Waals surface area contributed by atoms with E-state index in [4.69, 9.17) is 14.2 Å². The van der Waals surface area contributed by atoms with Crippen LogP contribution in [-0.2, 0) is 14.3 Å². The summed E-state index contributed by atoms with van der Waals surface area (Å²) < 4.78 is 17.7. The summed E-state index contributed by atoms with van der Waals surface area (Å²) >= 11 is 0. The number of benzene rings is 2. The van der Waals surface area contributed by atoms with Crippen molar-refractivity contribution in [2.75, 3.05) is 0 Å². The van der Waals surface area contributed by atoms with Crippen molar-refractivity contribution in [2.45, 2.75) is 76.4 Å². The SMILES string of the molecule is O=C(OC(=O)C1CCCCC(Oc2ccccc2)C1)C1CCCCC(Oc2ccccc2)C1. The van der Waals surface area contributed by atoms with E-state index in [1.165, 1.54) is 0 Å². The molecule has 33 heavy (non-hydrogen) atoms. The van der Waals surface area contributed by atoms with Crippen molar-refractivity contribution >= 4 is 11.9 Å². The number of hydrogen-bond acceptors (Lipinski definition) is 5. The summed E-state index contributed by atoms with van der Waals surface area (Å²) in [7, 11) is 0. The lowest BCUT2D eigenvalue weighted by Crippen LogP contribution is -2.30. The first-order valence-electron chi connectivity index (χ1n) is 12.4. The van der Waals surface area contributed by atoms with Gasteiger partial charge in [-0.2, -0.15) is 0 Å². The number of carbonyl (C=O) groups excluding carboxylic acids is 2. The van der Waals surface area contributed by atoms with Crippen LogP contribution in [0.1, 0.15) is 64.2 Å². The van der Waals surface area contributed by atoms with Gasteiger partial charge in [0.05, 0.1) is 24.0 Å². The second-order valence-corrected chi connectivity index (χ2v) is 9.28. The van der Waals surface area contributed by atoms with Crippen LogP contribution in [0.5, 0.6) is 11.5 Å². The Balaban J connectivity index is 1.32. The Kier molecular flexibility index (Phi) is 8.40. The van der Waals surface area contributed by atoms with Gasteiger partial charge in [-0.1, -0.05) is 49.2 Å². The number of rotatable bonds is 6. The van der Waals surface area contributed by atoms with E-state index in [-0.39, 0.29) is 24.0 Å². The molecule has 4 rings (SSSR count). The predicted octanol–water partition coefficient (Wildman–Crippen LogP) is 6.11. The monoisotopic (exact) mass is 450 g/mol. The third-order valence-corrected chi connectivity index (χ3v) is 6.71. The van der Waals surface area contributed by atoms with Crippen LogP contribution in [0.2, 0.25) is 0 Å². The van der Waals surface area contributed by atoms with Gasteiger partial charge in [-0.25, -0.2) is 0 Å². The van der Waals surface area contributed by atoms with Crippen LogP contribution in [-0.4, -0.2) is 24.1 Å². The fourth-order valence-corrected chi connectivity index (χ4v) is 4.92. The highest BCUT2D eigenvalue weighted by molar-refractivity contribution is 5.88. The Morgan fingerprint density at radius 1 is 0.576 bits per heavy atom. The van der Waals surface area contributed by atoms with Crippen LogP contribution in [0.25, 0.3) is 0 Å². The van der Waals surface area contributed by atoms with E-state index in [0.29, 0.717) is 12.8 Å². The highest BCUT2D eigenvalue weighted by atomic mass is 16.6. The lowest BCUT2D eigenvalue weighted by molar-refractivity contribution is -0.166. The van der Waals surface area contributed by atoms with Gasteiger partial charge in [-0.05, 0) is 75.6 Å². The highest BCUT2D eigenvalue weighted by Gasteiger charge is 2.33. The van der Waals surface area contributed by atoms with E-state index in [1.807, 2.05) is 60.7 Å². The third kappa shape index (κ3) is 7.08. The Morgan fingerprint density at radius 2 is 0.970 bits per heavy atom. The first-order chi connectivity index (χ1) is 16.2. The summed E-state index contributed by atoms with van der Waals surface area (Å²) in [5.41, 5.74) is 0. The van der Waals surface area contributed by atoms with E-state index < -0.39 is 11.9 Å². The molecule has 0 N–H and O–H groups in total. The molecule has 2 aromatic carbocycles. The maximum absolute atomic E-state index is 12.9. The zero-order valence-electron chi connectivity index (χ0n) is 19.2. The normalized spacial score (nSPS) is 25.8. The Bertz CT molecular complexity index is 808. The number of para-hydroxylation sites is 2. The molecule has 0 aliphatic heterocycles. The minimum Gasteiger partial charge on any atom is -0.490 e. The average Bonchev–Trinajstić information content (AvgIpc) is 3.21. The predicted molar refractivity (Wildman–Crippen MR) is 126 cm³/mol. The van der Waals surface area contributed by atoms with Gasteiger partial charge in [0.2, 0.25) is 0 Å². The summed E-state index contributed by atoms with van der Waals surface area (Å²) in [6, 6.07) is 19.4. The van der Waals surface area contributed by atoms with E-state index in [1.54, 1.807) is 0 Å². The van der Waals surface area contributed by atoms with E-state index >= 15 is 0 Å². The molecule has 2 aliphatic rings. The van der Waals surface area contributed by atoms with Crippen LogP contribution >= 0.6 is 0 Å². The smallest absolute Gasteiger partial charge is 0.316 e. The Labute approximate surface area is 196 Å². The van der Waals surface area contributed by atoms with Gasteiger partial charge in [0, 0.05) is 0 Å². The van der Waals surface area contributed by atoms with Gasteiger partial charge >= 0.3 is 11.9 Å². The molecule has 4 atom stereocenters. The van der Waals surface area contributed by atoms with Crippen molar-refractivity contribution < 1.29 is 23.8 Å². The van der Waals surface area contributed by atoms with Crippen molar-refractivity contribution in [3.05, 3.63) is 60.7 Å². The van der Waals surface area contributed by atoms with Gasteiger partial charge in [-0.15, -0.1) is 0 Å². The highest BCUT2D eigenvalue weighted by Crippen LogP contribution is 2.30. The Morgan fingerprint density at radius 3 is 1.39 bits per heavy atom. The standard InChI is InChI=1S/C28H34O5/c29-27(21-11-7-9-17-25(19-21)31-23-13-3-1-4-14-23)33-28(30)22-12-8-10-18-26(20-22)32-24-15-5-2-6-16-24/h1-6,13-16,21-22,25-26H,7-12,17-20H2. The zero-order valence-corrected chi connectivity index (χ0v) is 19.2. The Hall–Kier alpha value is -2.82. The summed E-state index contributed by atoms with van der Waals surface area (Å²) in [5, 5.41) is 0. The largest absolute Gasteiger partial charge is 0.490 e. The van der Waals surface area contributed by atoms with Crippen LogP contribution in [0.4, 0.5) is 0 Å². The van der Waals surface area contributed by atoms with Crippen molar-refractivity contribution in [1.82, 2.24) is 0 Å². The quantitative estimate of drug-likeness (QED) is 0.302. The number of esters is 2. The van der Waals surface area contributed by atoms with Gasteiger partial charge in [0.25, 0.3) is 0 Å². The van der Waals surface area contributed by atoms with Crippen LogP contribution in [0.3, 0.4) is 0 Å². The lowest BCUT2D eigenvalue weighted by Gasteiger charge is -2.22. The molecule has 2 aromatic rings. The maximum Gasteiger partial charge on any atom is 0.316 e. The minimum atomic E-state index is -0.395. The third-order valence-electron chi connectivity index (χ3n) is 6.71. The zero-order chi connectivity index (χ0) is 22.9. The van der Waals surface area contributed by atoms with Crippen molar-refractivity contribution in [3.63, 3.8) is 0 Å². The second kappa shape index (κ2) is 11.9. The van der Waals surface area contributed by atoms with Crippen molar-refractivity contribution in [3.8, 4) is 11.5 Å². The van der Waals surface area contributed by atoms with E-state index in [0.717, 1.165) is 62.9 Å². The number of ether oxygens (including phenoxy) is 3. The molecule has 2 saturated carbocycles. The van der Waals surface area contributed by atoms with E-state index in [9.17, 15) is 9.59 Å². The van der Waals surface area contributed by atoms with Crippen LogP contribution < -0.4 is 9.47 Å². The first kappa shape index (κ1) is 23.3. The molecule has 0 radical (unpaired) electrons. The molecule has 5 nitrogen and oxygen atoms in total. The summed E-state index contributed by atoms with van der Waals surface area (Å²) in [6.45, 7) is 0. The van der Waals surface area contributed by atoms with Gasteiger partial charge in [-0.3, -0.25) is 9.59 Å². The minimum absolute atomic E-state index is 0.0379. The molecular formula is C28H34O5. The fraction of sp³-hybridized carbons (Fsp3) is 0.500. The second-order valence-electron chi connectivity index (χ2n) is 9.28. The van der Waals surface area contributed by atoms with Gasteiger partial charge < -0.3 is 14.2 Å². The molecule has 176 valence electrons. The molecule has 0 bridgehead atoms. The molecule has 0 heterocycles. The lowest BCUT2D eigenvalue weighted by atomic mass is 9.98. The summed E-state index contributed by atoms with van der Waals surface area (Å²) in [5.74, 6) is 0.243. The molecule has 4 unspecified atom stereocenters. The number of carbonyl (C=O) groups is 2. The molecular weight excluding hydrogens is 416 g/mol. The molecule has 0 amide bonds. The fourth-order valence-electron chi connectivity index (χ4n) is 4.92. The topological polar surface area (TPSA) is 61.8 Å². The van der Waals surface area contributed by atoms with Crippen LogP contribution in [0.15, 0.2) is 60.7 Å². The average molecular weight is 451 g/mol. The molecule has 0 aromatic heterocycles. The van der Waals surface area contributed by atoms with Crippen LogP contribution in [0, 0.1) is 11.8 Å².